The second kappa shape index (κ2) is 6.97. The van der Waals surface area contributed by atoms with Crippen LogP contribution in [0.4, 0.5) is 5.69 Å². The maximum absolute atomic E-state index is 11.2. The molecule has 4 aromatic rings. The van der Waals surface area contributed by atoms with Gasteiger partial charge in [-0.25, -0.2) is 9.78 Å². The summed E-state index contributed by atoms with van der Waals surface area (Å²) in [5.74, 6) is 0.0829. The van der Waals surface area contributed by atoms with Crippen molar-refractivity contribution in [1.29, 1.82) is 0 Å². The quantitative estimate of drug-likeness (QED) is 0.499. The van der Waals surface area contributed by atoms with Crippen LogP contribution in [0.2, 0.25) is 0 Å². The number of carboxylic acid groups (broad SMARTS) is 1. The number of benzene rings is 1. The summed E-state index contributed by atoms with van der Waals surface area (Å²) in [6, 6.07) is 15.5. The van der Waals surface area contributed by atoms with Gasteiger partial charge in [0, 0.05) is 5.56 Å². The lowest BCUT2D eigenvalue weighted by atomic mass is 10.1. The van der Waals surface area contributed by atoms with E-state index in [0.29, 0.717) is 28.5 Å². The lowest BCUT2D eigenvalue weighted by Gasteiger charge is -2.12. The van der Waals surface area contributed by atoms with Gasteiger partial charge < -0.3 is 20.0 Å². The van der Waals surface area contributed by atoms with Gasteiger partial charge in [-0.1, -0.05) is 12.1 Å². The van der Waals surface area contributed by atoms with Gasteiger partial charge in [-0.05, 0) is 47.8 Å². The normalized spacial score (nSPS) is 10.7. The summed E-state index contributed by atoms with van der Waals surface area (Å²) in [6.07, 6.45) is 1.57. The molecule has 27 heavy (non-hydrogen) atoms. The molecule has 0 unspecified atom stereocenters. The zero-order valence-corrected chi connectivity index (χ0v) is 14.8. The van der Waals surface area contributed by atoms with Crippen LogP contribution >= 0.6 is 11.3 Å². The summed E-state index contributed by atoms with van der Waals surface area (Å²) in [5.41, 5.74) is 8.06. The van der Waals surface area contributed by atoms with E-state index in [4.69, 9.17) is 20.0 Å². The van der Waals surface area contributed by atoms with Crippen LogP contribution < -0.4 is 10.5 Å². The van der Waals surface area contributed by atoms with Gasteiger partial charge in [0.1, 0.15) is 17.2 Å². The Balaban J connectivity index is 1.82. The average Bonchev–Trinajstić information content (AvgIpc) is 3.37. The Hall–Kier alpha value is -3.58. The van der Waals surface area contributed by atoms with Crippen molar-refractivity contribution in [1.82, 2.24) is 4.98 Å². The number of aromatic nitrogens is 1. The molecule has 0 bridgehead atoms. The maximum Gasteiger partial charge on any atom is 0.335 e. The second-order valence-electron chi connectivity index (χ2n) is 5.66. The number of aromatic carboxylic acids is 1. The summed E-state index contributed by atoms with van der Waals surface area (Å²) in [4.78, 5) is 16.7. The number of ether oxygens (including phenoxy) is 1. The minimum atomic E-state index is -1.04. The first-order valence-electron chi connectivity index (χ1n) is 8.01. The van der Waals surface area contributed by atoms with Gasteiger partial charge in [-0.15, -0.1) is 11.3 Å². The smallest absolute Gasteiger partial charge is 0.335 e. The van der Waals surface area contributed by atoms with E-state index in [2.05, 4.69) is 4.98 Å². The zero-order valence-electron chi connectivity index (χ0n) is 14.0. The largest absolute Gasteiger partial charge is 0.478 e. The number of anilines is 1. The van der Waals surface area contributed by atoms with Crippen molar-refractivity contribution in [2.45, 2.75) is 0 Å². The molecule has 0 atom stereocenters. The van der Waals surface area contributed by atoms with Crippen LogP contribution in [0.5, 0.6) is 11.6 Å². The molecule has 134 valence electrons. The van der Waals surface area contributed by atoms with Crippen molar-refractivity contribution in [3.63, 3.8) is 0 Å². The first kappa shape index (κ1) is 16.9. The Kier molecular flexibility index (Phi) is 4.35. The van der Waals surface area contributed by atoms with Gasteiger partial charge in [0.15, 0.2) is 0 Å². The summed E-state index contributed by atoms with van der Waals surface area (Å²) >= 11 is 1.54. The van der Waals surface area contributed by atoms with Crippen molar-refractivity contribution in [3.8, 4) is 33.5 Å². The third-order valence-electron chi connectivity index (χ3n) is 3.88. The average molecular weight is 378 g/mol. The number of hydrogen-bond donors (Lipinski definition) is 2. The predicted molar refractivity (Wildman–Crippen MR) is 103 cm³/mol. The zero-order chi connectivity index (χ0) is 18.8. The van der Waals surface area contributed by atoms with E-state index in [9.17, 15) is 4.79 Å². The van der Waals surface area contributed by atoms with Crippen LogP contribution in [-0.4, -0.2) is 16.1 Å². The fourth-order valence-electron chi connectivity index (χ4n) is 2.60. The summed E-state index contributed by atoms with van der Waals surface area (Å²) in [7, 11) is 0. The van der Waals surface area contributed by atoms with Gasteiger partial charge in [0.2, 0.25) is 5.88 Å². The highest BCUT2D eigenvalue weighted by molar-refractivity contribution is 7.13. The molecule has 0 amide bonds. The number of nitrogen functional groups attached to an aromatic ring is 1. The van der Waals surface area contributed by atoms with Crippen LogP contribution in [0.15, 0.2) is 70.7 Å². The minimum Gasteiger partial charge on any atom is -0.478 e. The topological polar surface area (TPSA) is 98.6 Å². The van der Waals surface area contributed by atoms with Gasteiger partial charge in [0.05, 0.1) is 22.4 Å². The van der Waals surface area contributed by atoms with E-state index >= 15 is 0 Å². The third-order valence-corrected chi connectivity index (χ3v) is 4.77. The van der Waals surface area contributed by atoms with Crippen LogP contribution in [-0.2, 0) is 0 Å². The fourth-order valence-corrected chi connectivity index (χ4v) is 3.29. The van der Waals surface area contributed by atoms with E-state index in [1.54, 1.807) is 41.9 Å². The van der Waals surface area contributed by atoms with E-state index in [-0.39, 0.29) is 11.4 Å². The molecule has 0 aliphatic rings. The molecule has 7 heteroatoms. The number of hydrogen-bond acceptors (Lipinski definition) is 6. The Morgan fingerprint density at radius 3 is 2.74 bits per heavy atom. The first-order valence-corrected chi connectivity index (χ1v) is 8.89. The monoisotopic (exact) mass is 378 g/mol. The molecule has 3 heterocycles. The Morgan fingerprint density at radius 1 is 1.15 bits per heavy atom. The fraction of sp³-hybridized carbons (Fsp3) is 0. The number of rotatable bonds is 5. The number of pyridine rings is 1. The lowest BCUT2D eigenvalue weighted by Crippen LogP contribution is -2.00. The predicted octanol–water partition coefficient (Wildman–Crippen LogP) is 5.14. The molecule has 6 nitrogen and oxygen atoms in total. The van der Waals surface area contributed by atoms with E-state index in [0.717, 1.165) is 4.88 Å². The number of carboxylic acids is 1. The number of furan rings is 1. The summed E-state index contributed by atoms with van der Waals surface area (Å²) < 4.78 is 11.3. The molecular weight excluding hydrogens is 364 g/mol. The van der Waals surface area contributed by atoms with Gasteiger partial charge >= 0.3 is 5.97 Å². The maximum atomic E-state index is 11.2. The van der Waals surface area contributed by atoms with Crippen LogP contribution in [0.1, 0.15) is 10.4 Å². The molecule has 3 aromatic heterocycles. The molecule has 0 fully saturated rings. The highest BCUT2D eigenvalue weighted by Crippen LogP contribution is 2.38. The molecule has 3 N–H and O–H groups in total. The standard InChI is InChI=1S/C20H14N2O4S/c21-18-14(16-6-2-8-25-16)11-15(17-7-3-9-27-17)22-19(18)26-13-5-1-4-12(10-13)20(23)24/h1-11H,21H2,(H,23,24). The molecule has 0 radical (unpaired) electrons. The van der Waals surface area contributed by atoms with Crippen LogP contribution in [0.25, 0.3) is 21.9 Å². The Bertz CT molecular complexity index is 1090. The van der Waals surface area contributed by atoms with E-state index < -0.39 is 5.97 Å². The minimum absolute atomic E-state index is 0.117. The number of nitrogens with zero attached hydrogens (tertiary/aromatic N) is 1. The number of nitrogens with two attached hydrogens (primary N) is 1. The second-order valence-corrected chi connectivity index (χ2v) is 6.61. The van der Waals surface area contributed by atoms with E-state index in [1.807, 2.05) is 23.6 Å². The molecule has 0 aliphatic carbocycles. The van der Waals surface area contributed by atoms with Crippen LogP contribution in [0.3, 0.4) is 0 Å². The van der Waals surface area contributed by atoms with Crippen molar-refractivity contribution in [2.24, 2.45) is 0 Å². The number of carbonyl (C=O) groups is 1. The van der Waals surface area contributed by atoms with Gasteiger partial charge in [-0.2, -0.15) is 0 Å². The van der Waals surface area contributed by atoms with Crippen LogP contribution in [0, 0.1) is 0 Å². The van der Waals surface area contributed by atoms with E-state index in [1.165, 1.54) is 12.1 Å². The van der Waals surface area contributed by atoms with Gasteiger partial charge in [-0.3, -0.25) is 0 Å². The van der Waals surface area contributed by atoms with Crippen molar-refractivity contribution in [2.75, 3.05) is 5.73 Å². The highest BCUT2D eigenvalue weighted by atomic mass is 32.1. The molecule has 0 saturated carbocycles. The van der Waals surface area contributed by atoms with Gasteiger partial charge in [0.25, 0.3) is 0 Å². The van der Waals surface area contributed by atoms with Crippen molar-refractivity contribution < 1.29 is 19.1 Å². The highest BCUT2D eigenvalue weighted by Gasteiger charge is 2.17. The molecule has 4 rings (SSSR count). The molecule has 0 aliphatic heterocycles. The SMILES string of the molecule is Nc1c(-c2ccco2)cc(-c2cccs2)nc1Oc1cccc(C(=O)O)c1. The summed E-state index contributed by atoms with van der Waals surface area (Å²) in [5, 5.41) is 11.1. The molecular formula is C20H14N2O4S. The molecule has 0 saturated heterocycles. The third kappa shape index (κ3) is 3.40. The number of thiophene rings is 1. The Morgan fingerprint density at radius 2 is 2.04 bits per heavy atom. The lowest BCUT2D eigenvalue weighted by molar-refractivity contribution is 0.0696. The Labute approximate surface area is 158 Å². The summed E-state index contributed by atoms with van der Waals surface area (Å²) in [6.45, 7) is 0. The molecule has 0 spiro atoms. The van der Waals surface area contributed by atoms with Crippen molar-refractivity contribution in [3.05, 3.63) is 71.8 Å². The molecule has 1 aromatic carbocycles. The first-order chi connectivity index (χ1) is 13.1. The van der Waals surface area contributed by atoms with Crippen molar-refractivity contribution >= 4 is 23.0 Å².